The van der Waals surface area contributed by atoms with E-state index in [2.05, 4.69) is 17.5 Å². The van der Waals surface area contributed by atoms with Gasteiger partial charge < -0.3 is 10.5 Å². The molecule has 78 valence electrons. The fourth-order valence-electron chi connectivity index (χ4n) is 1.33. The van der Waals surface area contributed by atoms with Crippen molar-refractivity contribution in [2.45, 2.75) is 6.42 Å². The average Bonchev–Trinajstić information content (AvgIpc) is 2.71. The van der Waals surface area contributed by atoms with Crippen molar-refractivity contribution >= 4 is 17.0 Å². The third-order valence-electron chi connectivity index (χ3n) is 2.06. The molecular weight excluding hydrogens is 206 g/mol. The molecule has 0 spiro atoms. The van der Waals surface area contributed by atoms with Crippen LogP contribution in [0.25, 0.3) is 0 Å². The van der Waals surface area contributed by atoms with Crippen LogP contribution in [0.15, 0.2) is 41.8 Å². The van der Waals surface area contributed by atoms with Gasteiger partial charge in [-0.25, -0.2) is 0 Å². The summed E-state index contributed by atoms with van der Waals surface area (Å²) in [5.74, 6) is 0.839. The quantitative estimate of drug-likeness (QED) is 0.802. The Morgan fingerprint density at radius 3 is 2.87 bits per heavy atom. The Morgan fingerprint density at radius 1 is 1.20 bits per heavy atom. The average molecular weight is 219 g/mol. The van der Waals surface area contributed by atoms with Crippen molar-refractivity contribution in [3.8, 4) is 5.75 Å². The van der Waals surface area contributed by atoms with Gasteiger partial charge in [0.25, 0.3) is 0 Å². The third kappa shape index (κ3) is 2.99. The van der Waals surface area contributed by atoms with Crippen molar-refractivity contribution in [1.29, 1.82) is 0 Å². The van der Waals surface area contributed by atoms with E-state index in [9.17, 15) is 0 Å². The highest BCUT2D eigenvalue weighted by Gasteiger charge is 1.96. The summed E-state index contributed by atoms with van der Waals surface area (Å²) in [5.41, 5.74) is 6.39. The summed E-state index contributed by atoms with van der Waals surface area (Å²) in [6.07, 6.45) is 0.951. The lowest BCUT2D eigenvalue weighted by atomic mass is 10.3. The van der Waals surface area contributed by atoms with Crippen molar-refractivity contribution in [3.63, 3.8) is 0 Å². The van der Waals surface area contributed by atoms with Crippen LogP contribution in [0, 0.1) is 0 Å². The van der Waals surface area contributed by atoms with Crippen molar-refractivity contribution in [1.82, 2.24) is 0 Å². The maximum atomic E-state index is 5.65. The first-order chi connectivity index (χ1) is 7.34. The van der Waals surface area contributed by atoms with E-state index < -0.39 is 0 Å². The largest absolute Gasteiger partial charge is 0.493 e. The van der Waals surface area contributed by atoms with Crippen LogP contribution in [0.2, 0.25) is 0 Å². The zero-order chi connectivity index (χ0) is 10.5. The number of hydrogen-bond acceptors (Lipinski definition) is 3. The summed E-state index contributed by atoms with van der Waals surface area (Å²) in [5, 5.41) is 2.08. The third-order valence-corrected chi connectivity index (χ3v) is 2.99. The number of benzene rings is 1. The SMILES string of the molecule is Nc1cccc(OCCc2cccs2)c1. The van der Waals surface area contributed by atoms with Crippen LogP contribution in [-0.4, -0.2) is 6.61 Å². The van der Waals surface area contributed by atoms with E-state index in [0.29, 0.717) is 6.61 Å². The van der Waals surface area contributed by atoms with Crippen molar-refractivity contribution < 1.29 is 4.74 Å². The molecule has 0 aliphatic heterocycles. The molecular formula is C12H13NOS. The van der Waals surface area contributed by atoms with Crippen LogP contribution >= 0.6 is 11.3 Å². The second kappa shape index (κ2) is 4.84. The lowest BCUT2D eigenvalue weighted by Crippen LogP contribution is -2.00. The highest BCUT2D eigenvalue weighted by Crippen LogP contribution is 2.15. The first-order valence-corrected chi connectivity index (χ1v) is 5.73. The fourth-order valence-corrected chi connectivity index (χ4v) is 2.02. The van der Waals surface area contributed by atoms with Crippen LogP contribution < -0.4 is 10.5 Å². The van der Waals surface area contributed by atoms with Gasteiger partial charge in [0.1, 0.15) is 5.75 Å². The molecule has 1 aromatic carbocycles. The molecule has 1 heterocycles. The van der Waals surface area contributed by atoms with E-state index in [1.54, 1.807) is 11.3 Å². The monoisotopic (exact) mass is 219 g/mol. The smallest absolute Gasteiger partial charge is 0.121 e. The van der Waals surface area contributed by atoms with Gasteiger partial charge in [-0.05, 0) is 23.6 Å². The summed E-state index contributed by atoms with van der Waals surface area (Å²) in [4.78, 5) is 1.35. The maximum Gasteiger partial charge on any atom is 0.121 e. The predicted octanol–water partition coefficient (Wildman–Crippen LogP) is 2.95. The molecule has 0 atom stereocenters. The van der Waals surface area contributed by atoms with Crippen molar-refractivity contribution in [2.24, 2.45) is 0 Å². The van der Waals surface area contributed by atoms with Crippen LogP contribution in [0.5, 0.6) is 5.75 Å². The molecule has 15 heavy (non-hydrogen) atoms. The molecule has 0 fully saturated rings. The molecule has 0 bridgehead atoms. The van der Waals surface area contributed by atoms with Gasteiger partial charge in [0.15, 0.2) is 0 Å². The Labute approximate surface area is 93.3 Å². The Balaban J connectivity index is 1.83. The second-order valence-corrected chi connectivity index (χ2v) is 4.28. The molecule has 0 unspecified atom stereocenters. The van der Waals surface area contributed by atoms with E-state index >= 15 is 0 Å². The lowest BCUT2D eigenvalue weighted by molar-refractivity contribution is 0.323. The number of anilines is 1. The topological polar surface area (TPSA) is 35.2 Å². The lowest BCUT2D eigenvalue weighted by Gasteiger charge is -2.05. The molecule has 0 radical (unpaired) electrons. The molecule has 2 aromatic rings. The van der Waals surface area contributed by atoms with Crippen LogP contribution in [0.1, 0.15) is 4.88 Å². The van der Waals surface area contributed by atoms with Gasteiger partial charge in [0.05, 0.1) is 6.61 Å². The van der Waals surface area contributed by atoms with Crippen molar-refractivity contribution in [2.75, 3.05) is 12.3 Å². The summed E-state index contributed by atoms with van der Waals surface area (Å²) in [6, 6.07) is 11.7. The molecule has 0 aliphatic rings. The Kier molecular flexibility index (Phi) is 3.25. The first-order valence-electron chi connectivity index (χ1n) is 4.85. The summed E-state index contributed by atoms with van der Waals surface area (Å²) in [7, 11) is 0. The highest BCUT2D eigenvalue weighted by atomic mass is 32.1. The van der Waals surface area contributed by atoms with E-state index in [4.69, 9.17) is 10.5 Å². The summed E-state index contributed by atoms with van der Waals surface area (Å²) in [6.45, 7) is 0.698. The molecule has 0 saturated heterocycles. The standard InChI is InChI=1S/C12H13NOS/c13-10-3-1-4-11(9-10)14-7-6-12-5-2-8-15-12/h1-5,8-9H,6-7,13H2. The molecule has 2 rings (SSSR count). The number of ether oxygens (including phenoxy) is 1. The van der Waals surface area contributed by atoms with Crippen LogP contribution in [0.3, 0.4) is 0 Å². The van der Waals surface area contributed by atoms with Gasteiger partial charge in [-0.1, -0.05) is 12.1 Å². The number of rotatable bonds is 4. The number of thiophene rings is 1. The molecule has 1 aromatic heterocycles. The van der Waals surface area contributed by atoms with E-state index in [-0.39, 0.29) is 0 Å². The second-order valence-electron chi connectivity index (χ2n) is 3.25. The van der Waals surface area contributed by atoms with E-state index in [1.165, 1.54) is 4.88 Å². The molecule has 0 saturated carbocycles. The van der Waals surface area contributed by atoms with Gasteiger partial charge in [0, 0.05) is 23.1 Å². The highest BCUT2D eigenvalue weighted by molar-refractivity contribution is 7.09. The maximum absolute atomic E-state index is 5.65. The van der Waals surface area contributed by atoms with Gasteiger partial charge >= 0.3 is 0 Å². The fraction of sp³-hybridized carbons (Fsp3) is 0.167. The van der Waals surface area contributed by atoms with Gasteiger partial charge in [0.2, 0.25) is 0 Å². The normalized spacial score (nSPS) is 10.1. The van der Waals surface area contributed by atoms with Gasteiger partial charge in [-0.3, -0.25) is 0 Å². The molecule has 3 heteroatoms. The number of nitrogen functional groups attached to an aromatic ring is 1. The minimum absolute atomic E-state index is 0.698. The molecule has 0 aliphatic carbocycles. The van der Waals surface area contributed by atoms with E-state index in [1.807, 2.05) is 24.3 Å². The number of nitrogens with two attached hydrogens (primary N) is 1. The van der Waals surface area contributed by atoms with Crippen LogP contribution in [-0.2, 0) is 6.42 Å². The molecule has 2 nitrogen and oxygen atoms in total. The minimum atomic E-state index is 0.698. The van der Waals surface area contributed by atoms with Crippen LogP contribution in [0.4, 0.5) is 5.69 Å². The molecule has 2 N–H and O–H groups in total. The molecule has 0 amide bonds. The van der Waals surface area contributed by atoms with E-state index in [0.717, 1.165) is 17.9 Å². The zero-order valence-corrected chi connectivity index (χ0v) is 9.17. The van der Waals surface area contributed by atoms with Gasteiger partial charge in [-0.15, -0.1) is 11.3 Å². The first kappa shape index (κ1) is 10.1. The number of hydrogen-bond donors (Lipinski definition) is 1. The predicted molar refractivity (Wildman–Crippen MR) is 64.4 cm³/mol. The van der Waals surface area contributed by atoms with Gasteiger partial charge in [-0.2, -0.15) is 0 Å². The Morgan fingerprint density at radius 2 is 2.13 bits per heavy atom. The Hall–Kier alpha value is -1.48. The van der Waals surface area contributed by atoms with Crippen molar-refractivity contribution in [3.05, 3.63) is 46.7 Å². The Bertz CT molecular complexity index is 411. The zero-order valence-electron chi connectivity index (χ0n) is 8.35. The minimum Gasteiger partial charge on any atom is -0.493 e. The summed E-state index contributed by atoms with van der Waals surface area (Å²) >= 11 is 1.76. The summed E-state index contributed by atoms with van der Waals surface area (Å²) < 4.78 is 5.59.